The smallest absolute Gasteiger partial charge is 0.135 e. The van der Waals surface area contributed by atoms with Crippen molar-refractivity contribution in [1.29, 1.82) is 0 Å². The molecule has 0 atom stereocenters. The fourth-order valence-corrected chi connectivity index (χ4v) is 0.550. The molecule has 0 radical (unpaired) electrons. The highest BCUT2D eigenvalue weighted by Gasteiger charge is 1.94. The van der Waals surface area contributed by atoms with Gasteiger partial charge in [0.1, 0.15) is 11.0 Å². The van der Waals surface area contributed by atoms with Gasteiger partial charge in [-0.2, -0.15) is 0 Å². The molecule has 0 saturated heterocycles. The minimum Gasteiger partial charge on any atom is -0.241 e. The second-order valence-corrected chi connectivity index (χ2v) is 2.03. The molecule has 1 heterocycles. The molecular weight excluding hydrogens is 136 g/mol. The highest BCUT2D eigenvalue weighted by atomic mass is 35.5. The predicted molar refractivity (Wildman–Crippen MR) is 36.5 cm³/mol. The summed E-state index contributed by atoms with van der Waals surface area (Å²) in [5, 5.41) is 0.191. The number of aryl methyl sites for hydroxylation is 2. The molecule has 0 unspecified atom stereocenters. The van der Waals surface area contributed by atoms with Gasteiger partial charge in [0.25, 0.3) is 0 Å². The maximum absolute atomic E-state index is 6.99. The van der Waals surface area contributed by atoms with Crippen LogP contribution >= 0.6 is 11.6 Å². The van der Waals surface area contributed by atoms with Crippen LogP contribution in [0.3, 0.4) is 0 Å². The van der Waals surface area contributed by atoms with Gasteiger partial charge in [0, 0.05) is 15.9 Å². The van der Waals surface area contributed by atoms with E-state index in [1.165, 1.54) is 6.20 Å². The second-order valence-electron chi connectivity index (χ2n) is 1.67. The van der Waals surface area contributed by atoms with Gasteiger partial charge in [0.15, 0.2) is 0 Å². The summed E-state index contributed by atoms with van der Waals surface area (Å²) in [4.78, 5) is 7.29. The van der Waals surface area contributed by atoms with Crippen molar-refractivity contribution in [1.82, 2.24) is 9.97 Å². The van der Waals surface area contributed by atoms with Crippen LogP contribution in [0.2, 0.25) is 5.15 Å². The molecular formula is C6H7ClN2. The molecule has 0 spiro atoms. The van der Waals surface area contributed by atoms with E-state index in [2.05, 4.69) is 9.97 Å². The maximum Gasteiger partial charge on any atom is 0.135 e. The van der Waals surface area contributed by atoms with Crippen LogP contribution in [0.4, 0.5) is 0 Å². The van der Waals surface area contributed by atoms with E-state index in [0.717, 1.165) is 0 Å². The molecule has 0 aliphatic carbocycles. The lowest BCUT2D eigenvalue weighted by molar-refractivity contribution is 1.03. The van der Waals surface area contributed by atoms with Crippen LogP contribution in [0.15, 0.2) is 6.20 Å². The standard InChI is InChI=1S/C6H7ClN2/c1-4-3-8-5(2)9-6(4)7/h3H,1-2H3/i2D3. The fraction of sp³-hybridized carbons (Fsp3) is 0.333. The lowest BCUT2D eigenvalue weighted by atomic mass is 10.4. The Morgan fingerprint density at radius 3 is 3.11 bits per heavy atom. The lowest BCUT2D eigenvalue weighted by Crippen LogP contribution is -1.88. The van der Waals surface area contributed by atoms with Crippen LogP contribution in [0.25, 0.3) is 0 Å². The van der Waals surface area contributed by atoms with Crippen molar-refractivity contribution in [3.05, 3.63) is 22.7 Å². The summed E-state index contributed by atoms with van der Waals surface area (Å²) in [5.74, 6) is -0.210. The Morgan fingerprint density at radius 1 is 1.78 bits per heavy atom. The van der Waals surface area contributed by atoms with Crippen LogP contribution in [-0.2, 0) is 0 Å². The number of aromatic nitrogens is 2. The van der Waals surface area contributed by atoms with E-state index < -0.39 is 6.85 Å². The van der Waals surface area contributed by atoms with Gasteiger partial charge in [-0.15, -0.1) is 0 Å². The zero-order chi connectivity index (χ0) is 9.35. The highest BCUT2D eigenvalue weighted by molar-refractivity contribution is 6.30. The van der Waals surface area contributed by atoms with E-state index in [1.807, 2.05) is 0 Å². The van der Waals surface area contributed by atoms with E-state index in [-0.39, 0.29) is 11.0 Å². The van der Waals surface area contributed by atoms with Crippen molar-refractivity contribution in [3.63, 3.8) is 0 Å². The Bertz CT molecular complexity index is 297. The summed E-state index contributed by atoms with van der Waals surface area (Å²) >= 11 is 5.62. The molecule has 1 rings (SSSR count). The quantitative estimate of drug-likeness (QED) is 0.520. The van der Waals surface area contributed by atoms with Gasteiger partial charge in [0.05, 0.1) is 0 Å². The fourth-order valence-electron chi connectivity index (χ4n) is 0.421. The third-order valence-electron chi connectivity index (χ3n) is 0.910. The summed E-state index contributed by atoms with van der Waals surface area (Å²) in [5.41, 5.74) is 0.671. The summed E-state index contributed by atoms with van der Waals surface area (Å²) in [6.07, 6.45) is 1.40. The Hall–Kier alpha value is -0.630. The summed E-state index contributed by atoms with van der Waals surface area (Å²) in [6.45, 7) is -0.566. The van der Waals surface area contributed by atoms with Gasteiger partial charge in [-0.1, -0.05) is 11.6 Å². The van der Waals surface area contributed by atoms with Crippen molar-refractivity contribution in [2.24, 2.45) is 0 Å². The zero-order valence-corrected chi connectivity index (χ0v) is 5.61. The number of rotatable bonds is 0. The lowest BCUT2D eigenvalue weighted by Gasteiger charge is -1.94. The molecule has 2 nitrogen and oxygen atoms in total. The summed E-state index contributed by atoms with van der Waals surface area (Å²) < 4.78 is 21.0. The molecule has 0 amide bonds. The minimum atomic E-state index is -2.28. The van der Waals surface area contributed by atoms with Crippen molar-refractivity contribution >= 4 is 11.6 Å². The first-order valence-corrected chi connectivity index (χ1v) is 2.78. The molecule has 3 heteroatoms. The van der Waals surface area contributed by atoms with Crippen LogP contribution in [0, 0.1) is 13.8 Å². The molecule has 9 heavy (non-hydrogen) atoms. The molecule has 1 aromatic heterocycles. The average Bonchev–Trinajstić information content (AvgIpc) is 1.92. The SMILES string of the molecule is [2H]C([2H])([2H])c1ncc(C)c(Cl)n1. The number of halogens is 1. The van der Waals surface area contributed by atoms with Gasteiger partial charge in [-0.05, 0) is 13.8 Å². The van der Waals surface area contributed by atoms with Gasteiger partial charge in [-0.3, -0.25) is 0 Å². The molecule has 0 aliphatic heterocycles. The molecule has 1 aromatic rings. The third-order valence-corrected chi connectivity index (χ3v) is 1.29. The van der Waals surface area contributed by atoms with Crippen molar-refractivity contribution in [2.45, 2.75) is 13.8 Å². The zero-order valence-electron chi connectivity index (χ0n) is 7.85. The second kappa shape index (κ2) is 2.31. The van der Waals surface area contributed by atoms with Crippen molar-refractivity contribution in [2.75, 3.05) is 0 Å². The van der Waals surface area contributed by atoms with Crippen LogP contribution in [0.1, 0.15) is 15.5 Å². The third kappa shape index (κ3) is 1.39. The average molecular weight is 146 g/mol. The Labute approximate surface area is 63.1 Å². The Kier molecular flexibility index (Phi) is 0.904. The number of hydrogen-bond acceptors (Lipinski definition) is 2. The van der Waals surface area contributed by atoms with E-state index in [4.69, 9.17) is 15.7 Å². The first kappa shape index (κ1) is 3.52. The molecule has 0 N–H and O–H groups in total. The van der Waals surface area contributed by atoms with Crippen LogP contribution < -0.4 is 0 Å². The maximum atomic E-state index is 6.99. The monoisotopic (exact) mass is 145 g/mol. The topological polar surface area (TPSA) is 25.8 Å². The van der Waals surface area contributed by atoms with Gasteiger partial charge >= 0.3 is 0 Å². The number of hydrogen-bond donors (Lipinski definition) is 0. The molecule has 0 saturated carbocycles. The predicted octanol–water partition coefficient (Wildman–Crippen LogP) is 1.75. The van der Waals surface area contributed by atoms with Crippen molar-refractivity contribution < 1.29 is 4.11 Å². The van der Waals surface area contributed by atoms with E-state index in [9.17, 15) is 0 Å². The van der Waals surface area contributed by atoms with E-state index in [0.29, 0.717) is 5.56 Å². The minimum absolute atomic E-state index is 0.191. The molecule has 0 aromatic carbocycles. The summed E-state index contributed by atoms with van der Waals surface area (Å²) in [7, 11) is 0. The molecule has 0 aliphatic rings. The Balaban J connectivity index is 3.14. The first-order chi connectivity index (χ1) is 5.41. The van der Waals surface area contributed by atoms with Crippen LogP contribution in [0.5, 0.6) is 0 Å². The van der Waals surface area contributed by atoms with Crippen LogP contribution in [-0.4, -0.2) is 9.97 Å². The first-order valence-electron chi connectivity index (χ1n) is 3.91. The van der Waals surface area contributed by atoms with E-state index in [1.54, 1.807) is 6.92 Å². The van der Waals surface area contributed by atoms with Crippen molar-refractivity contribution in [3.8, 4) is 0 Å². The largest absolute Gasteiger partial charge is 0.241 e. The Morgan fingerprint density at radius 2 is 2.56 bits per heavy atom. The number of nitrogens with zero attached hydrogens (tertiary/aromatic N) is 2. The van der Waals surface area contributed by atoms with Gasteiger partial charge in [-0.25, -0.2) is 9.97 Å². The van der Waals surface area contributed by atoms with Gasteiger partial charge < -0.3 is 0 Å². The molecule has 0 fully saturated rings. The summed E-state index contributed by atoms with van der Waals surface area (Å²) in [6, 6.07) is 0. The molecule has 48 valence electrons. The van der Waals surface area contributed by atoms with E-state index >= 15 is 0 Å². The van der Waals surface area contributed by atoms with Gasteiger partial charge in [0.2, 0.25) is 0 Å². The normalized spacial score (nSPS) is 16.0. The highest BCUT2D eigenvalue weighted by Crippen LogP contribution is 2.08. The molecule has 0 bridgehead atoms.